The second-order valence-electron chi connectivity index (χ2n) is 2.62. The van der Waals surface area contributed by atoms with Crippen LogP contribution < -0.4 is 56.5 Å². The van der Waals surface area contributed by atoms with E-state index in [9.17, 15) is 9.90 Å². The molecule has 1 aromatic rings. The number of nitrogens with zero attached hydrogens (tertiary/aromatic N) is 1. The summed E-state index contributed by atoms with van der Waals surface area (Å²) in [4.78, 5) is 10.3. The minimum Gasteiger partial charge on any atom is -0.545 e. The summed E-state index contributed by atoms with van der Waals surface area (Å²) < 4.78 is 0. The first-order valence-corrected chi connectivity index (χ1v) is 4.58. The molecule has 0 atom stereocenters. The van der Waals surface area contributed by atoms with Crippen LogP contribution in [-0.2, 0) is 4.79 Å². The van der Waals surface area contributed by atoms with Crippen LogP contribution in [0.4, 0.5) is 0 Å². The van der Waals surface area contributed by atoms with Crippen LogP contribution in [0, 0.1) is 11.3 Å². The monoisotopic (exact) mass is 279 g/mol. The van der Waals surface area contributed by atoms with Crippen molar-refractivity contribution in [3.05, 3.63) is 39.9 Å². The fraction of sp³-hybridized carbons (Fsp3) is 0. The van der Waals surface area contributed by atoms with Gasteiger partial charge in [-0.3, -0.25) is 0 Å². The summed E-state index contributed by atoms with van der Waals surface area (Å²) in [6.07, 6.45) is 0.708. The van der Waals surface area contributed by atoms with E-state index in [2.05, 4.69) is 0 Å². The van der Waals surface area contributed by atoms with Crippen molar-refractivity contribution < 1.29 is 61.3 Å². The van der Waals surface area contributed by atoms with Crippen LogP contribution in [0.5, 0.6) is 0 Å². The molecule has 0 unspecified atom stereocenters. The maximum atomic E-state index is 10.3. The molecule has 0 aliphatic carbocycles. The molecule has 0 aliphatic rings. The van der Waals surface area contributed by atoms with Gasteiger partial charge in [0, 0.05) is 0 Å². The van der Waals surface area contributed by atoms with Crippen LogP contribution >= 0.6 is 23.2 Å². The van der Waals surface area contributed by atoms with E-state index in [-0.39, 0.29) is 62.0 Å². The topological polar surface area (TPSA) is 63.9 Å². The molecule has 0 saturated carbocycles. The van der Waals surface area contributed by atoms with Crippen LogP contribution in [0.15, 0.2) is 24.3 Å². The molecule has 0 fully saturated rings. The second-order valence-corrected chi connectivity index (χ2v) is 3.43. The van der Waals surface area contributed by atoms with E-state index in [0.29, 0.717) is 16.7 Å². The number of benzene rings is 1. The summed E-state index contributed by atoms with van der Waals surface area (Å²) in [6, 6.07) is 6.15. The predicted octanol–water partition coefficient (Wildman–Crippen LogP) is -1.35. The SMILES string of the molecule is N#CC(=CC(=O)[O-])c1ccc(Cl)c(Cl)c1.[K+]. The third-order valence-electron chi connectivity index (χ3n) is 1.61. The minimum atomic E-state index is -1.43. The van der Waals surface area contributed by atoms with Crippen LogP contribution in [0.25, 0.3) is 5.57 Å². The number of hydrogen-bond acceptors (Lipinski definition) is 3. The number of nitriles is 1. The van der Waals surface area contributed by atoms with Crippen LogP contribution in [0.3, 0.4) is 0 Å². The number of aliphatic carboxylic acids is 1. The average Bonchev–Trinajstić information content (AvgIpc) is 2.18. The molecule has 16 heavy (non-hydrogen) atoms. The van der Waals surface area contributed by atoms with Gasteiger partial charge in [0.2, 0.25) is 0 Å². The summed E-state index contributed by atoms with van der Waals surface area (Å²) in [5.74, 6) is -1.43. The quantitative estimate of drug-likeness (QED) is 0.382. The Morgan fingerprint density at radius 1 is 1.38 bits per heavy atom. The standard InChI is InChI=1S/C10H5Cl2NO2.K/c11-8-2-1-6(3-9(8)12)7(5-13)4-10(14)15;/h1-4H,(H,14,15);/q;+1/p-1. The van der Waals surface area contributed by atoms with Gasteiger partial charge in [0.05, 0.1) is 27.7 Å². The number of halogens is 2. The molecule has 1 aromatic carbocycles. The number of carbonyl (C=O) groups excluding carboxylic acids is 1. The van der Waals surface area contributed by atoms with Gasteiger partial charge >= 0.3 is 51.4 Å². The number of hydrogen-bond donors (Lipinski definition) is 0. The van der Waals surface area contributed by atoms with E-state index >= 15 is 0 Å². The summed E-state index contributed by atoms with van der Waals surface area (Å²) >= 11 is 11.4. The van der Waals surface area contributed by atoms with Crippen molar-refractivity contribution in [1.82, 2.24) is 0 Å². The molecule has 6 heteroatoms. The van der Waals surface area contributed by atoms with Gasteiger partial charge in [-0.2, -0.15) is 5.26 Å². The minimum absolute atomic E-state index is 0. The van der Waals surface area contributed by atoms with Crippen molar-refractivity contribution in [3.8, 4) is 6.07 Å². The number of rotatable bonds is 2. The molecule has 0 heterocycles. The Morgan fingerprint density at radius 2 is 2.00 bits per heavy atom. The van der Waals surface area contributed by atoms with Crippen molar-refractivity contribution in [2.75, 3.05) is 0 Å². The number of carboxylic acids is 1. The van der Waals surface area contributed by atoms with Gasteiger partial charge in [-0.15, -0.1) is 0 Å². The van der Waals surface area contributed by atoms with Crippen LogP contribution in [0.1, 0.15) is 5.56 Å². The van der Waals surface area contributed by atoms with Crippen molar-refractivity contribution in [2.24, 2.45) is 0 Å². The fourth-order valence-corrected chi connectivity index (χ4v) is 1.26. The van der Waals surface area contributed by atoms with Gasteiger partial charge in [-0.25, -0.2) is 0 Å². The van der Waals surface area contributed by atoms with E-state index in [1.165, 1.54) is 18.2 Å². The second kappa shape index (κ2) is 7.46. The zero-order valence-electron chi connectivity index (χ0n) is 8.33. The number of carboxylic acid groups (broad SMARTS) is 1. The smallest absolute Gasteiger partial charge is 0.545 e. The van der Waals surface area contributed by atoms with Gasteiger partial charge in [0.1, 0.15) is 0 Å². The molecule has 0 amide bonds. The Bertz CT molecular complexity index is 480. The maximum absolute atomic E-state index is 10.3. The van der Waals surface area contributed by atoms with Crippen molar-refractivity contribution >= 4 is 34.7 Å². The van der Waals surface area contributed by atoms with E-state index in [4.69, 9.17) is 28.5 Å². The van der Waals surface area contributed by atoms with E-state index in [1.54, 1.807) is 6.07 Å². The summed E-state index contributed by atoms with van der Waals surface area (Å²) in [5, 5.41) is 19.6. The van der Waals surface area contributed by atoms with Crippen molar-refractivity contribution in [1.29, 1.82) is 5.26 Å². The van der Waals surface area contributed by atoms with Crippen molar-refractivity contribution in [3.63, 3.8) is 0 Å². The molecule has 0 N–H and O–H groups in total. The third kappa shape index (κ3) is 4.56. The van der Waals surface area contributed by atoms with Crippen LogP contribution in [-0.4, -0.2) is 5.97 Å². The summed E-state index contributed by atoms with van der Waals surface area (Å²) in [5.41, 5.74) is 0.352. The molecule has 0 saturated heterocycles. The van der Waals surface area contributed by atoms with Gasteiger partial charge in [-0.1, -0.05) is 29.3 Å². The molecule has 0 aliphatic heterocycles. The maximum Gasteiger partial charge on any atom is 1.00 e. The molecular formula is C10H4Cl2KNO2. The first-order valence-electron chi connectivity index (χ1n) is 3.83. The molecule has 3 nitrogen and oxygen atoms in total. The van der Waals surface area contributed by atoms with Gasteiger partial charge in [0.15, 0.2) is 0 Å². The average molecular weight is 280 g/mol. The molecule has 0 radical (unpaired) electrons. The van der Waals surface area contributed by atoms with Gasteiger partial charge in [0.25, 0.3) is 0 Å². The molecule has 1 rings (SSSR count). The predicted molar refractivity (Wildman–Crippen MR) is 55.1 cm³/mol. The third-order valence-corrected chi connectivity index (χ3v) is 2.35. The Balaban J connectivity index is 0.00000225. The molecule has 76 valence electrons. The molecule has 0 aromatic heterocycles. The normalized spacial score (nSPS) is 10.2. The fourth-order valence-electron chi connectivity index (χ4n) is 0.962. The Kier molecular flexibility index (Phi) is 7.52. The van der Waals surface area contributed by atoms with E-state index in [1.807, 2.05) is 0 Å². The first kappa shape index (κ1) is 16.1. The zero-order chi connectivity index (χ0) is 11.4. The van der Waals surface area contributed by atoms with E-state index in [0.717, 1.165) is 0 Å². The first-order chi connectivity index (χ1) is 7.04. The number of carbonyl (C=O) groups is 1. The van der Waals surface area contributed by atoms with Gasteiger partial charge in [-0.05, 0) is 23.8 Å². The van der Waals surface area contributed by atoms with Crippen molar-refractivity contribution in [2.45, 2.75) is 0 Å². The van der Waals surface area contributed by atoms with Gasteiger partial charge < -0.3 is 9.90 Å². The molecule has 0 bridgehead atoms. The number of allylic oxidation sites excluding steroid dienone is 1. The molecule has 0 spiro atoms. The summed E-state index contributed by atoms with van der Waals surface area (Å²) in [6.45, 7) is 0. The Hall–Kier alpha value is 0.136. The Morgan fingerprint density at radius 3 is 2.44 bits per heavy atom. The zero-order valence-corrected chi connectivity index (χ0v) is 13.0. The van der Waals surface area contributed by atoms with Crippen LogP contribution in [0.2, 0.25) is 10.0 Å². The molecular weight excluding hydrogens is 276 g/mol. The largest absolute Gasteiger partial charge is 1.00 e. The Labute approximate surface area is 145 Å². The summed E-state index contributed by atoms with van der Waals surface area (Å²) in [7, 11) is 0. The van der Waals surface area contributed by atoms with E-state index < -0.39 is 5.97 Å².